The molecule has 0 N–H and O–H groups in total. The van der Waals surface area contributed by atoms with Crippen molar-refractivity contribution in [3.8, 4) is 17.1 Å². The number of aromatic nitrogens is 5. The zero-order valence-electron chi connectivity index (χ0n) is 26.6. The highest BCUT2D eigenvalue weighted by atomic mass is 15.1. The summed E-state index contributed by atoms with van der Waals surface area (Å²) in [6.07, 6.45) is 8.91. The van der Waals surface area contributed by atoms with Crippen molar-refractivity contribution < 1.29 is 0 Å². The molecule has 11 rings (SSSR count). The molecule has 1 aliphatic carbocycles. The fourth-order valence-corrected chi connectivity index (χ4v) is 8.15. The molecule has 1 aliphatic rings. The summed E-state index contributed by atoms with van der Waals surface area (Å²) in [6.45, 7) is 0. The summed E-state index contributed by atoms with van der Waals surface area (Å²) in [6, 6.07) is 47.9. The van der Waals surface area contributed by atoms with Crippen LogP contribution in [-0.4, -0.2) is 23.5 Å². The van der Waals surface area contributed by atoms with E-state index in [0.717, 1.165) is 68.5 Å². The molecule has 49 heavy (non-hydrogen) atoms. The smallest absolute Gasteiger partial charge is 0.146 e. The Morgan fingerprint density at radius 1 is 0.510 bits per heavy atom. The Labute approximate surface area is 281 Å². The number of imidazole rings is 2. The molecule has 0 radical (unpaired) electrons. The van der Waals surface area contributed by atoms with Gasteiger partial charge >= 0.3 is 0 Å². The third kappa shape index (κ3) is 3.70. The van der Waals surface area contributed by atoms with Gasteiger partial charge in [0.25, 0.3) is 0 Å². The Morgan fingerprint density at radius 3 is 2.08 bits per heavy atom. The van der Waals surface area contributed by atoms with Gasteiger partial charge in [-0.05, 0) is 72.8 Å². The first-order chi connectivity index (χ1) is 24.3. The Balaban J connectivity index is 1.24. The number of para-hydroxylation sites is 5. The summed E-state index contributed by atoms with van der Waals surface area (Å²) in [5.74, 6) is 0.949. The first-order valence-electron chi connectivity index (χ1n) is 16.9. The molecule has 0 unspecified atom stereocenters. The Morgan fingerprint density at radius 2 is 1.24 bits per heavy atom. The average Bonchev–Trinajstić information content (AvgIpc) is 3.85. The Kier molecular flexibility index (Phi) is 5.44. The lowest BCUT2D eigenvalue weighted by Gasteiger charge is -2.15. The number of allylic oxidation sites excluding steroid dienone is 4. The molecule has 0 aliphatic heterocycles. The normalized spacial score (nSPS) is 13.6. The number of hydrogen-bond acceptors (Lipinski definition) is 2. The quantitative estimate of drug-likeness (QED) is 0.183. The Bertz CT molecular complexity index is 3060. The third-order valence-corrected chi connectivity index (χ3v) is 10.2. The minimum Gasteiger partial charge on any atom is -0.309 e. The topological polar surface area (TPSA) is 40.0 Å². The van der Waals surface area contributed by atoms with Crippen LogP contribution in [0.25, 0.3) is 94.0 Å². The van der Waals surface area contributed by atoms with Gasteiger partial charge in [-0.3, -0.25) is 8.97 Å². The van der Waals surface area contributed by atoms with Crippen LogP contribution in [0, 0.1) is 0 Å². The van der Waals surface area contributed by atoms with Gasteiger partial charge in [0.05, 0.1) is 38.6 Å². The minimum atomic E-state index is 0.949. The van der Waals surface area contributed by atoms with Crippen molar-refractivity contribution in [2.75, 3.05) is 0 Å². The van der Waals surface area contributed by atoms with E-state index in [2.05, 4.69) is 165 Å². The standard InChI is InChI=1S/C44H29N5/c1-2-14-29(15-3-1)48-38-23-10-7-20-35(38)45-43(48)28-13-12-16-30(27-28)47-37-22-9-6-19-34(37)41-40(47)26-25-32-31-17-4-5-18-33(31)44-46-36-21-8-11-24-39(36)49(44)42(32)41/h2,4-27H,1,3H2. The molecule has 230 valence electrons. The molecule has 0 spiro atoms. The fourth-order valence-electron chi connectivity index (χ4n) is 8.15. The lowest BCUT2D eigenvalue weighted by molar-refractivity contribution is 1.01. The number of pyridine rings is 1. The molecule has 4 heterocycles. The average molecular weight is 628 g/mol. The molecule has 5 heteroatoms. The molecular formula is C44H29N5. The maximum absolute atomic E-state index is 5.20. The van der Waals surface area contributed by atoms with Crippen molar-refractivity contribution in [3.63, 3.8) is 0 Å². The van der Waals surface area contributed by atoms with Crippen LogP contribution in [0.15, 0.2) is 152 Å². The second-order valence-corrected chi connectivity index (χ2v) is 12.9. The van der Waals surface area contributed by atoms with Crippen molar-refractivity contribution in [2.24, 2.45) is 0 Å². The van der Waals surface area contributed by atoms with E-state index < -0.39 is 0 Å². The van der Waals surface area contributed by atoms with Crippen molar-refractivity contribution in [3.05, 3.63) is 152 Å². The van der Waals surface area contributed by atoms with Gasteiger partial charge in [-0.1, -0.05) is 97.1 Å². The summed E-state index contributed by atoms with van der Waals surface area (Å²) in [4.78, 5) is 10.4. The number of hydrogen-bond donors (Lipinski definition) is 0. The molecule has 0 saturated heterocycles. The van der Waals surface area contributed by atoms with Crippen molar-refractivity contribution in [1.29, 1.82) is 0 Å². The number of nitrogens with zero attached hydrogens (tertiary/aromatic N) is 5. The number of rotatable bonds is 3. The number of fused-ring (bicyclic) bond motifs is 13. The molecule has 5 nitrogen and oxygen atoms in total. The molecule has 4 aromatic heterocycles. The molecular weight excluding hydrogens is 599 g/mol. The first-order valence-corrected chi connectivity index (χ1v) is 16.9. The first kappa shape index (κ1) is 26.6. The highest BCUT2D eigenvalue weighted by molar-refractivity contribution is 6.26. The summed E-state index contributed by atoms with van der Waals surface area (Å²) in [5.41, 5.74) is 12.1. The van der Waals surface area contributed by atoms with Gasteiger partial charge in [-0.25, -0.2) is 9.97 Å². The van der Waals surface area contributed by atoms with E-state index in [4.69, 9.17) is 9.97 Å². The molecule has 0 amide bonds. The van der Waals surface area contributed by atoms with Gasteiger partial charge in [0.15, 0.2) is 0 Å². The molecule has 6 aromatic carbocycles. The predicted molar refractivity (Wildman–Crippen MR) is 203 cm³/mol. The van der Waals surface area contributed by atoms with Crippen molar-refractivity contribution >= 4 is 76.9 Å². The summed E-state index contributed by atoms with van der Waals surface area (Å²) >= 11 is 0. The van der Waals surface area contributed by atoms with E-state index in [1.54, 1.807) is 0 Å². The van der Waals surface area contributed by atoms with Crippen LogP contribution >= 0.6 is 0 Å². The van der Waals surface area contributed by atoms with Gasteiger partial charge in [0.2, 0.25) is 0 Å². The van der Waals surface area contributed by atoms with Crippen molar-refractivity contribution in [2.45, 2.75) is 12.8 Å². The minimum absolute atomic E-state index is 0.949. The van der Waals surface area contributed by atoms with E-state index in [0.29, 0.717) is 0 Å². The highest BCUT2D eigenvalue weighted by Gasteiger charge is 2.22. The largest absolute Gasteiger partial charge is 0.309 e. The molecule has 0 fully saturated rings. The fraction of sp³-hybridized carbons (Fsp3) is 0.0455. The van der Waals surface area contributed by atoms with Gasteiger partial charge in [0.1, 0.15) is 11.5 Å². The SMILES string of the molecule is C1=CC(n2c(-c3cccc(-n4c5ccccc5c5c4ccc4c6ccccc6c6nc7ccccc7n6c45)c3)nc3ccccc32)=CCC1. The molecule has 0 saturated carbocycles. The van der Waals surface area contributed by atoms with Crippen LogP contribution < -0.4 is 0 Å². The van der Waals surface area contributed by atoms with Gasteiger partial charge in [-0.15, -0.1) is 0 Å². The monoisotopic (exact) mass is 627 g/mol. The summed E-state index contributed by atoms with van der Waals surface area (Å²) in [7, 11) is 0. The maximum Gasteiger partial charge on any atom is 0.146 e. The van der Waals surface area contributed by atoms with Crippen LogP contribution in [0.4, 0.5) is 0 Å². The second kappa shape index (κ2) is 10.0. The highest BCUT2D eigenvalue weighted by Crippen LogP contribution is 2.42. The zero-order valence-corrected chi connectivity index (χ0v) is 26.6. The summed E-state index contributed by atoms with van der Waals surface area (Å²) in [5, 5.41) is 6.03. The third-order valence-electron chi connectivity index (χ3n) is 10.2. The molecule has 0 bridgehead atoms. The van der Waals surface area contributed by atoms with E-state index in [9.17, 15) is 0 Å². The van der Waals surface area contributed by atoms with Gasteiger partial charge in [-0.2, -0.15) is 0 Å². The van der Waals surface area contributed by atoms with Crippen LogP contribution in [0.3, 0.4) is 0 Å². The van der Waals surface area contributed by atoms with Gasteiger partial charge in [0, 0.05) is 38.5 Å². The summed E-state index contributed by atoms with van der Waals surface area (Å²) < 4.78 is 7.12. The number of benzene rings is 6. The van der Waals surface area contributed by atoms with E-state index in [1.165, 1.54) is 38.3 Å². The molecule has 10 aromatic rings. The second-order valence-electron chi connectivity index (χ2n) is 12.9. The van der Waals surface area contributed by atoms with E-state index in [-0.39, 0.29) is 0 Å². The van der Waals surface area contributed by atoms with Crippen LogP contribution in [-0.2, 0) is 0 Å². The lowest BCUT2D eigenvalue weighted by atomic mass is 10.0. The molecule has 0 atom stereocenters. The van der Waals surface area contributed by atoms with E-state index in [1.807, 2.05) is 0 Å². The zero-order chi connectivity index (χ0) is 32.1. The van der Waals surface area contributed by atoms with Crippen LogP contribution in [0.2, 0.25) is 0 Å². The van der Waals surface area contributed by atoms with Crippen LogP contribution in [0.1, 0.15) is 12.8 Å². The predicted octanol–water partition coefficient (Wildman–Crippen LogP) is 11.1. The Hall–Kier alpha value is -6.46. The lowest BCUT2D eigenvalue weighted by Crippen LogP contribution is -2.01. The van der Waals surface area contributed by atoms with Crippen LogP contribution in [0.5, 0.6) is 0 Å². The maximum atomic E-state index is 5.20. The van der Waals surface area contributed by atoms with Gasteiger partial charge < -0.3 is 4.57 Å². The van der Waals surface area contributed by atoms with E-state index >= 15 is 0 Å². The van der Waals surface area contributed by atoms with Crippen molar-refractivity contribution in [1.82, 2.24) is 23.5 Å².